The van der Waals surface area contributed by atoms with Crippen LogP contribution in [0.25, 0.3) is 27.8 Å². The fourth-order valence-electron chi connectivity index (χ4n) is 5.21. The SMILES string of the molecule is O=C(c1ccc(-n2cc(-c3cc4c(F)cc(F)cc4[nH]c3=O)nn2)cc1)N1CCC(N2CCCC2)C1. The second kappa shape index (κ2) is 8.94. The number of nitrogens with zero attached hydrogens (tertiary/aromatic N) is 5. The van der Waals surface area contributed by atoms with Crippen molar-refractivity contribution in [2.24, 2.45) is 0 Å². The van der Waals surface area contributed by atoms with Crippen molar-refractivity contribution in [1.82, 2.24) is 29.8 Å². The normalized spacial score (nSPS) is 18.4. The zero-order valence-electron chi connectivity index (χ0n) is 19.5. The van der Waals surface area contributed by atoms with Crippen LogP contribution in [-0.2, 0) is 0 Å². The number of rotatable bonds is 4. The number of hydrogen-bond donors (Lipinski definition) is 1. The highest BCUT2D eigenvalue weighted by atomic mass is 19.1. The number of carbonyl (C=O) groups is 1. The van der Waals surface area contributed by atoms with E-state index in [4.69, 9.17) is 0 Å². The van der Waals surface area contributed by atoms with E-state index in [0.717, 1.165) is 44.7 Å². The van der Waals surface area contributed by atoms with Crippen molar-refractivity contribution in [3.05, 3.63) is 76.2 Å². The standard InChI is InChI=1S/C26H24F2N6O2/c27-17-11-22(28)20-13-21(25(35)29-23(20)12-17)24-15-34(31-30-24)18-5-3-16(4-6-18)26(36)33-10-7-19(14-33)32-8-1-2-9-32/h3-6,11-13,15,19H,1-2,7-10,14H2,(H,29,35). The van der Waals surface area contributed by atoms with Crippen molar-refractivity contribution in [3.63, 3.8) is 0 Å². The number of aromatic nitrogens is 4. The molecule has 6 rings (SSSR count). The van der Waals surface area contributed by atoms with Gasteiger partial charge in [0.05, 0.1) is 23.0 Å². The van der Waals surface area contributed by atoms with Gasteiger partial charge in [0.25, 0.3) is 11.5 Å². The minimum Gasteiger partial charge on any atom is -0.337 e. The second-order valence-corrected chi connectivity index (χ2v) is 9.39. The molecule has 2 aliphatic rings. The summed E-state index contributed by atoms with van der Waals surface area (Å²) in [4.78, 5) is 32.5. The lowest BCUT2D eigenvalue weighted by Crippen LogP contribution is -2.37. The molecule has 1 unspecified atom stereocenters. The molecule has 0 saturated carbocycles. The predicted octanol–water partition coefficient (Wildman–Crippen LogP) is 3.36. The van der Waals surface area contributed by atoms with Gasteiger partial charge in [-0.05, 0) is 68.8 Å². The first kappa shape index (κ1) is 22.5. The van der Waals surface area contributed by atoms with E-state index in [9.17, 15) is 18.4 Å². The molecule has 0 radical (unpaired) electrons. The van der Waals surface area contributed by atoms with Crippen LogP contribution in [0.15, 0.2) is 53.5 Å². The van der Waals surface area contributed by atoms with E-state index in [1.165, 1.54) is 23.6 Å². The summed E-state index contributed by atoms with van der Waals surface area (Å²) in [5.74, 6) is -1.53. The summed E-state index contributed by atoms with van der Waals surface area (Å²) in [5, 5.41) is 8.23. The Labute approximate surface area is 205 Å². The summed E-state index contributed by atoms with van der Waals surface area (Å²) in [6.45, 7) is 3.78. The van der Waals surface area contributed by atoms with Crippen LogP contribution < -0.4 is 5.56 Å². The molecular weight excluding hydrogens is 466 g/mol. The molecule has 8 nitrogen and oxygen atoms in total. The molecule has 10 heteroatoms. The maximum absolute atomic E-state index is 14.2. The number of amides is 1. The molecule has 1 amide bonds. The second-order valence-electron chi connectivity index (χ2n) is 9.39. The van der Waals surface area contributed by atoms with Gasteiger partial charge in [-0.2, -0.15) is 0 Å². The molecule has 36 heavy (non-hydrogen) atoms. The summed E-state index contributed by atoms with van der Waals surface area (Å²) < 4.78 is 29.2. The number of halogens is 2. The van der Waals surface area contributed by atoms with Gasteiger partial charge in [0, 0.05) is 36.1 Å². The van der Waals surface area contributed by atoms with Gasteiger partial charge < -0.3 is 9.88 Å². The molecule has 0 bridgehead atoms. The molecule has 1 atom stereocenters. The topological polar surface area (TPSA) is 87.1 Å². The maximum atomic E-state index is 14.2. The van der Waals surface area contributed by atoms with Gasteiger partial charge in [-0.15, -0.1) is 5.10 Å². The van der Waals surface area contributed by atoms with E-state index in [1.807, 2.05) is 4.90 Å². The van der Waals surface area contributed by atoms with E-state index in [2.05, 4.69) is 20.2 Å². The van der Waals surface area contributed by atoms with Gasteiger partial charge in [0.15, 0.2) is 0 Å². The van der Waals surface area contributed by atoms with Gasteiger partial charge in [-0.3, -0.25) is 14.5 Å². The van der Waals surface area contributed by atoms with Gasteiger partial charge in [-0.1, -0.05) is 5.21 Å². The lowest BCUT2D eigenvalue weighted by atomic mass is 10.1. The lowest BCUT2D eigenvalue weighted by Gasteiger charge is -2.23. The fourth-order valence-corrected chi connectivity index (χ4v) is 5.21. The molecular formula is C26H24F2N6O2. The first-order valence-electron chi connectivity index (χ1n) is 12.0. The van der Waals surface area contributed by atoms with Gasteiger partial charge >= 0.3 is 0 Å². The molecule has 2 fully saturated rings. The Morgan fingerprint density at radius 3 is 2.58 bits per heavy atom. The van der Waals surface area contributed by atoms with Crippen molar-refractivity contribution in [1.29, 1.82) is 0 Å². The number of likely N-dealkylation sites (tertiary alicyclic amines) is 2. The van der Waals surface area contributed by atoms with Gasteiger partial charge in [0.1, 0.15) is 17.3 Å². The Kier molecular flexibility index (Phi) is 5.60. The van der Waals surface area contributed by atoms with Crippen molar-refractivity contribution in [2.45, 2.75) is 25.3 Å². The number of aromatic amines is 1. The summed E-state index contributed by atoms with van der Waals surface area (Å²) in [6.07, 6.45) is 5.04. The highest BCUT2D eigenvalue weighted by Crippen LogP contribution is 2.24. The monoisotopic (exact) mass is 490 g/mol. The number of hydrogen-bond acceptors (Lipinski definition) is 5. The van der Waals surface area contributed by atoms with Crippen LogP contribution in [0.3, 0.4) is 0 Å². The van der Waals surface area contributed by atoms with Crippen LogP contribution in [0, 0.1) is 11.6 Å². The summed E-state index contributed by atoms with van der Waals surface area (Å²) in [7, 11) is 0. The third kappa shape index (κ3) is 4.07. The van der Waals surface area contributed by atoms with Crippen molar-refractivity contribution >= 4 is 16.8 Å². The molecule has 4 heterocycles. The van der Waals surface area contributed by atoms with Crippen LogP contribution in [0.2, 0.25) is 0 Å². The predicted molar refractivity (Wildman–Crippen MR) is 130 cm³/mol. The fraction of sp³-hybridized carbons (Fsp3) is 0.308. The molecule has 2 saturated heterocycles. The Bertz CT molecular complexity index is 1510. The van der Waals surface area contributed by atoms with Gasteiger partial charge in [-0.25, -0.2) is 13.5 Å². The van der Waals surface area contributed by atoms with E-state index >= 15 is 0 Å². The maximum Gasteiger partial charge on any atom is 0.258 e. The Morgan fingerprint density at radius 1 is 1.03 bits per heavy atom. The molecule has 0 spiro atoms. The number of pyridine rings is 1. The lowest BCUT2D eigenvalue weighted by molar-refractivity contribution is 0.0780. The number of benzene rings is 2. The summed E-state index contributed by atoms with van der Waals surface area (Å²) in [6, 6.07) is 10.7. The van der Waals surface area contributed by atoms with Gasteiger partial charge in [0.2, 0.25) is 0 Å². The molecule has 4 aromatic rings. The first-order chi connectivity index (χ1) is 17.5. The van der Waals surface area contributed by atoms with Crippen LogP contribution in [0.1, 0.15) is 29.6 Å². The Hall–Kier alpha value is -3.92. The van der Waals surface area contributed by atoms with Crippen molar-refractivity contribution < 1.29 is 13.6 Å². The van der Waals surface area contributed by atoms with E-state index in [0.29, 0.717) is 17.3 Å². The Balaban J connectivity index is 1.20. The minimum absolute atomic E-state index is 0.0173. The number of nitrogens with one attached hydrogen (secondary N) is 1. The number of fused-ring (bicyclic) bond motifs is 1. The number of H-pyrrole nitrogens is 1. The molecule has 2 aliphatic heterocycles. The zero-order valence-corrected chi connectivity index (χ0v) is 19.5. The first-order valence-corrected chi connectivity index (χ1v) is 12.0. The average molecular weight is 491 g/mol. The smallest absolute Gasteiger partial charge is 0.258 e. The zero-order chi connectivity index (χ0) is 24.8. The van der Waals surface area contributed by atoms with E-state index in [1.54, 1.807) is 30.5 Å². The molecule has 1 N–H and O–H groups in total. The van der Waals surface area contributed by atoms with Crippen LogP contribution in [0.4, 0.5) is 8.78 Å². The highest BCUT2D eigenvalue weighted by Gasteiger charge is 2.31. The largest absolute Gasteiger partial charge is 0.337 e. The third-order valence-corrected chi connectivity index (χ3v) is 7.13. The minimum atomic E-state index is -0.778. The van der Waals surface area contributed by atoms with E-state index in [-0.39, 0.29) is 28.1 Å². The summed E-state index contributed by atoms with van der Waals surface area (Å²) in [5.41, 5.74) is 1.17. The van der Waals surface area contributed by atoms with Crippen LogP contribution in [-0.4, -0.2) is 67.9 Å². The molecule has 0 aliphatic carbocycles. The molecule has 184 valence electrons. The quantitative estimate of drug-likeness (QED) is 0.474. The molecule has 2 aromatic carbocycles. The van der Waals surface area contributed by atoms with Crippen LogP contribution in [0.5, 0.6) is 0 Å². The van der Waals surface area contributed by atoms with Crippen LogP contribution >= 0.6 is 0 Å². The van der Waals surface area contributed by atoms with Crippen molar-refractivity contribution in [2.75, 3.05) is 26.2 Å². The Morgan fingerprint density at radius 2 is 1.81 bits per heavy atom. The molecule has 2 aromatic heterocycles. The number of carbonyl (C=O) groups excluding carboxylic acids is 1. The highest BCUT2D eigenvalue weighted by molar-refractivity contribution is 5.94. The third-order valence-electron chi connectivity index (χ3n) is 7.13. The van der Waals surface area contributed by atoms with E-state index < -0.39 is 17.2 Å². The average Bonchev–Trinajstić information content (AvgIpc) is 3.65. The summed E-state index contributed by atoms with van der Waals surface area (Å²) >= 11 is 0. The van der Waals surface area contributed by atoms with Crippen molar-refractivity contribution in [3.8, 4) is 16.9 Å².